The van der Waals surface area contributed by atoms with Crippen LogP contribution in [0.15, 0.2) is 48.5 Å². The van der Waals surface area contributed by atoms with E-state index in [1.165, 1.54) is 13.2 Å². The van der Waals surface area contributed by atoms with Crippen molar-refractivity contribution in [3.05, 3.63) is 54.1 Å². The molecule has 0 aromatic heterocycles. The Kier molecular flexibility index (Phi) is 5.00. The molecule has 6 nitrogen and oxygen atoms in total. The topological polar surface area (TPSA) is 79.8 Å². The van der Waals surface area contributed by atoms with Gasteiger partial charge in [-0.2, -0.15) is 0 Å². The van der Waals surface area contributed by atoms with Crippen LogP contribution >= 0.6 is 0 Å². The molecule has 0 saturated heterocycles. The van der Waals surface area contributed by atoms with E-state index >= 15 is 0 Å². The van der Waals surface area contributed by atoms with Gasteiger partial charge >= 0.3 is 6.09 Å². The third kappa shape index (κ3) is 4.12. The maximum Gasteiger partial charge on any atom is 0.412 e. The first kappa shape index (κ1) is 14.7. The number of ether oxygens (including phenoxy) is 2. The van der Waals surface area contributed by atoms with Crippen LogP contribution in [-0.2, 0) is 11.3 Å². The van der Waals surface area contributed by atoms with Crippen molar-refractivity contribution in [2.75, 3.05) is 17.9 Å². The van der Waals surface area contributed by atoms with Crippen LogP contribution in [0.3, 0.4) is 0 Å². The van der Waals surface area contributed by atoms with Gasteiger partial charge in [-0.3, -0.25) is 16.0 Å². The Labute approximate surface area is 122 Å². The number of hydrogen-bond donors (Lipinski definition) is 3. The number of methoxy groups -OCH3 is 1. The van der Waals surface area contributed by atoms with Gasteiger partial charge in [0, 0.05) is 0 Å². The minimum absolute atomic E-state index is 0.174. The van der Waals surface area contributed by atoms with E-state index in [1.54, 1.807) is 12.1 Å². The molecule has 0 heterocycles. The molecule has 2 aromatic rings. The van der Waals surface area contributed by atoms with Gasteiger partial charge in [0.15, 0.2) is 0 Å². The summed E-state index contributed by atoms with van der Waals surface area (Å²) in [4.78, 5) is 11.8. The number of nitrogens with one attached hydrogen (secondary N) is 2. The summed E-state index contributed by atoms with van der Waals surface area (Å²) in [7, 11) is 1.49. The summed E-state index contributed by atoms with van der Waals surface area (Å²) in [6.45, 7) is 0.174. The van der Waals surface area contributed by atoms with Crippen LogP contribution in [0.4, 0.5) is 16.2 Å². The zero-order chi connectivity index (χ0) is 15.1. The van der Waals surface area contributed by atoms with Gasteiger partial charge < -0.3 is 9.47 Å². The minimum atomic E-state index is -0.604. The largest absolute Gasteiger partial charge is 0.495 e. The maximum atomic E-state index is 11.8. The average molecular weight is 288 g/mol. The van der Waals surface area contributed by atoms with E-state index in [0.29, 0.717) is 17.1 Å². The monoisotopic (exact) mass is 288 g/mol. The number of carbonyl (C=O) groups is 1. The molecule has 0 aliphatic carbocycles. The van der Waals surface area contributed by atoms with Crippen LogP contribution in [0.1, 0.15) is 5.56 Å². The third-order valence-electron chi connectivity index (χ3n) is 2.78. The Bertz CT molecular complexity index is 602. The van der Waals surface area contributed by atoms with Gasteiger partial charge in [0.1, 0.15) is 12.4 Å². The fourth-order valence-corrected chi connectivity index (χ4v) is 1.74. The Morgan fingerprint density at radius 2 is 1.95 bits per heavy atom. The summed E-state index contributed by atoms with van der Waals surface area (Å²) in [6, 6.07) is 14.1. The highest BCUT2D eigenvalue weighted by Crippen LogP contribution is 2.27. The van der Waals surface area contributed by atoms with Crippen molar-refractivity contribution in [2.45, 2.75) is 6.61 Å². The Morgan fingerprint density at radius 3 is 2.62 bits per heavy atom. The number of amides is 1. The summed E-state index contributed by atoms with van der Waals surface area (Å²) < 4.78 is 10.2. The van der Waals surface area contributed by atoms with Crippen LogP contribution in [0.5, 0.6) is 5.75 Å². The van der Waals surface area contributed by atoms with Gasteiger partial charge in [0.2, 0.25) is 0 Å². The molecule has 2 aromatic carbocycles. The molecule has 0 spiro atoms. The van der Waals surface area contributed by atoms with Crippen LogP contribution < -0.4 is 15.5 Å². The predicted molar refractivity (Wildman–Crippen MR) is 78.7 cm³/mol. The standard InChI is InChI=1S/C15H16N2O4/c1-20-14-8-7-12(17-19)9-13(14)16-15(18)21-10-11-5-3-2-4-6-11/h2-9,17,19H,10H2,1H3,(H,16,18). The third-order valence-corrected chi connectivity index (χ3v) is 2.78. The normalized spacial score (nSPS) is 9.81. The molecule has 0 bridgehead atoms. The molecule has 0 aliphatic rings. The van der Waals surface area contributed by atoms with Crippen LogP contribution in [-0.4, -0.2) is 18.4 Å². The van der Waals surface area contributed by atoms with E-state index < -0.39 is 6.09 Å². The Balaban J connectivity index is 1.99. The van der Waals surface area contributed by atoms with E-state index in [9.17, 15) is 4.79 Å². The van der Waals surface area contributed by atoms with Gasteiger partial charge in [-0.1, -0.05) is 30.3 Å². The lowest BCUT2D eigenvalue weighted by molar-refractivity contribution is 0.155. The van der Waals surface area contributed by atoms with E-state index in [4.69, 9.17) is 14.7 Å². The smallest absolute Gasteiger partial charge is 0.412 e. The first-order valence-corrected chi connectivity index (χ1v) is 6.29. The average Bonchev–Trinajstić information content (AvgIpc) is 2.54. The van der Waals surface area contributed by atoms with Crippen molar-refractivity contribution in [3.63, 3.8) is 0 Å². The zero-order valence-corrected chi connectivity index (χ0v) is 11.5. The van der Waals surface area contributed by atoms with E-state index in [2.05, 4.69) is 5.32 Å². The number of hydrogen-bond acceptors (Lipinski definition) is 5. The molecule has 0 saturated carbocycles. The zero-order valence-electron chi connectivity index (χ0n) is 11.5. The van der Waals surface area contributed by atoms with Crippen molar-refractivity contribution < 1.29 is 19.5 Å². The number of rotatable bonds is 5. The summed E-state index contributed by atoms with van der Waals surface area (Å²) in [5, 5.41) is 11.4. The van der Waals surface area contributed by atoms with Gasteiger partial charge in [0.05, 0.1) is 18.5 Å². The fraction of sp³-hybridized carbons (Fsp3) is 0.133. The van der Waals surface area contributed by atoms with E-state index in [-0.39, 0.29) is 6.61 Å². The molecule has 0 unspecified atom stereocenters. The molecule has 1 amide bonds. The second kappa shape index (κ2) is 7.16. The van der Waals surface area contributed by atoms with Crippen LogP contribution in [0.2, 0.25) is 0 Å². The van der Waals surface area contributed by atoms with Crippen molar-refractivity contribution in [3.8, 4) is 5.75 Å². The van der Waals surface area contributed by atoms with Gasteiger partial charge in [-0.05, 0) is 23.8 Å². The van der Waals surface area contributed by atoms with Gasteiger partial charge in [-0.25, -0.2) is 4.79 Å². The lowest BCUT2D eigenvalue weighted by Gasteiger charge is -2.12. The second-order valence-corrected chi connectivity index (χ2v) is 4.21. The SMILES string of the molecule is COc1ccc(NO)cc1NC(=O)OCc1ccccc1. The number of anilines is 2. The molecular formula is C15H16N2O4. The molecule has 110 valence electrons. The maximum absolute atomic E-state index is 11.8. The Hall–Kier alpha value is -2.73. The van der Waals surface area contributed by atoms with Crippen LogP contribution in [0.25, 0.3) is 0 Å². The molecule has 0 fully saturated rings. The molecular weight excluding hydrogens is 272 g/mol. The lowest BCUT2D eigenvalue weighted by Crippen LogP contribution is -2.14. The van der Waals surface area contributed by atoms with Gasteiger partial charge in [0.25, 0.3) is 0 Å². The first-order chi connectivity index (χ1) is 10.2. The molecule has 3 N–H and O–H groups in total. The number of carbonyl (C=O) groups excluding carboxylic acids is 1. The summed E-state index contributed by atoms with van der Waals surface area (Å²) >= 11 is 0. The van der Waals surface area contributed by atoms with Gasteiger partial charge in [-0.15, -0.1) is 0 Å². The van der Waals surface area contributed by atoms with Crippen molar-refractivity contribution >= 4 is 17.5 Å². The number of benzene rings is 2. The van der Waals surface area contributed by atoms with Crippen molar-refractivity contribution in [2.24, 2.45) is 0 Å². The Morgan fingerprint density at radius 1 is 1.19 bits per heavy atom. The second-order valence-electron chi connectivity index (χ2n) is 4.21. The highest BCUT2D eigenvalue weighted by molar-refractivity contribution is 5.87. The molecule has 0 radical (unpaired) electrons. The van der Waals surface area contributed by atoms with E-state index in [0.717, 1.165) is 5.56 Å². The molecule has 0 aliphatic heterocycles. The highest BCUT2D eigenvalue weighted by atomic mass is 16.5. The summed E-state index contributed by atoms with van der Waals surface area (Å²) in [6.07, 6.45) is -0.604. The molecule has 6 heteroatoms. The summed E-state index contributed by atoms with van der Waals surface area (Å²) in [5.41, 5.74) is 3.72. The van der Waals surface area contributed by atoms with Crippen molar-refractivity contribution in [1.82, 2.24) is 0 Å². The molecule has 2 rings (SSSR count). The minimum Gasteiger partial charge on any atom is -0.495 e. The van der Waals surface area contributed by atoms with Crippen LogP contribution in [0, 0.1) is 0 Å². The van der Waals surface area contributed by atoms with E-state index in [1.807, 2.05) is 35.8 Å². The lowest BCUT2D eigenvalue weighted by atomic mass is 10.2. The predicted octanol–water partition coefficient (Wildman–Crippen LogP) is 3.25. The fourth-order valence-electron chi connectivity index (χ4n) is 1.74. The molecule has 21 heavy (non-hydrogen) atoms. The summed E-state index contributed by atoms with van der Waals surface area (Å²) in [5.74, 6) is 0.464. The quantitative estimate of drug-likeness (QED) is 0.736. The van der Waals surface area contributed by atoms with Crippen molar-refractivity contribution in [1.29, 1.82) is 0 Å². The highest BCUT2D eigenvalue weighted by Gasteiger charge is 2.09. The molecule has 0 atom stereocenters. The first-order valence-electron chi connectivity index (χ1n) is 6.29.